The molecule has 1 fully saturated rings. The van der Waals surface area contributed by atoms with E-state index in [0.29, 0.717) is 11.3 Å². The number of nitrogens with one attached hydrogen (secondary N) is 4. The number of amides is 4. The van der Waals surface area contributed by atoms with E-state index in [1.54, 1.807) is 24.3 Å². The van der Waals surface area contributed by atoms with Gasteiger partial charge in [-0.3, -0.25) is 33.3 Å². The molecule has 8 atom stereocenters. The van der Waals surface area contributed by atoms with Crippen LogP contribution in [0.1, 0.15) is 47.5 Å². The van der Waals surface area contributed by atoms with Gasteiger partial charge in [-0.2, -0.15) is 0 Å². The van der Waals surface area contributed by atoms with Crippen LogP contribution in [-0.2, 0) is 45.8 Å². The Bertz CT molecular complexity index is 1770. The van der Waals surface area contributed by atoms with E-state index in [4.69, 9.17) is 29.8 Å². The highest BCUT2D eigenvalue weighted by molar-refractivity contribution is 7.49. The van der Waals surface area contributed by atoms with Crippen LogP contribution < -0.4 is 31.9 Å². The molecule has 1 unspecified atom stereocenters. The molecule has 3 aromatic rings. The van der Waals surface area contributed by atoms with Crippen LogP contribution in [0.2, 0.25) is 0 Å². The number of H-pyrrole nitrogens is 1. The summed E-state index contributed by atoms with van der Waals surface area (Å²) < 4.78 is 35.2. The summed E-state index contributed by atoms with van der Waals surface area (Å²) in [6, 6.07) is 10.7. The number of hydrogen-bond donors (Lipinski definition) is 8. The van der Waals surface area contributed by atoms with E-state index in [9.17, 15) is 34.0 Å². The Hall–Kier alpha value is -4.75. The third-order valence-electron chi connectivity index (χ3n) is 7.75. The Morgan fingerprint density at radius 2 is 1.80 bits per heavy atom. The van der Waals surface area contributed by atoms with E-state index in [0.717, 1.165) is 5.56 Å². The van der Waals surface area contributed by atoms with E-state index < -0.39 is 80.6 Å². The number of rotatable bonds is 13. The minimum Gasteiger partial charge on any atom is -0.404 e. The van der Waals surface area contributed by atoms with Gasteiger partial charge in [-0.05, 0) is 37.6 Å². The second-order valence-corrected chi connectivity index (χ2v) is 13.3. The van der Waals surface area contributed by atoms with Crippen LogP contribution in [-0.4, -0.2) is 92.1 Å². The topological polar surface area (TPSA) is 292 Å². The number of primary amides is 1. The molecule has 50 heavy (non-hydrogen) atoms. The summed E-state index contributed by atoms with van der Waals surface area (Å²) >= 11 is 0. The summed E-state index contributed by atoms with van der Waals surface area (Å²) in [6.45, 7) is 2.19. The Balaban J connectivity index is 1.20. The van der Waals surface area contributed by atoms with Crippen LogP contribution >= 0.6 is 7.82 Å². The lowest BCUT2D eigenvalue weighted by Crippen LogP contribution is -2.54. The molecular formula is C30H37N8O11P. The van der Waals surface area contributed by atoms with Crippen molar-refractivity contribution in [2.24, 2.45) is 11.5 Å². The molecule has 19 nitrogen and oxygen atoms in total. The van der Waals surface area contributed by atoms with Crippen LogP contribution in [0.4, 0.5) is 5.69 Å². The third kappa shape index (κ3) is 8.69. The van der Waals surface area contributed by atoms with Gasteiger partial charge in [0, 0.05) is 17.7 Å². The van der Waals surface area contributed by atoms with Crippen molar-refractivity contribution < 1.29 is 52.3 Å². The zero-order chi connectivity index (χ0) is 36.2. The molecule has 0 radical (unpaired) electrons. The maximum atomic E-state index is 13.4. The summed E-state index contributed by atoms with van der Waals surface area (Å²) in [5.74, 6) is -2.83. The number of nitrogens with zero attached hydrogens (tertiary/aromatic N) is 2. The average Bonchev–Trinajstić information content (AvgIpc) is 3.68. The molecule has 5 rings (SSSR count). The van der Waals surface area contributed by atoms with E-state index in [1.165, 1.54) is 32.0 Å². The molecule has 1 aromatic heterocycles. The third-order valence-corrected chi connectivity index (χ3v) is 9.08. The summed E-state index contributed by atoms with van der Waals surface area (Å²) in [7, 11) is -4.23. The van der Waals surface area contributed by atoms with Crippen LogP contribution in [0.3, 0.4) is 0 Å². The highest BCUT2D eigenvalue weighted by atomic mass is 31.2. The number of benzene rings is 2. The molecule has 3 heterocycles. The predicted octanol–water partition coefficient (Wildman–Crippen LogP) is -0.683. The molecule has 1 saturated heterocycles. The van der Waals surface area contributed by atoms with E-state index in [2.05, 4.69) is 31.1 Å². The van der Waals surface area contributed by atoms with Gasteiger partial charge in [-0.25, -0.2) is 9.55 Å². The minimum atomic E-state index is -4.23. The minimum absolute atomic E-state index is 0.0598. The Morgan fingerprint density at radius 3 is 2.48 bits per heavy atom. The zero-order valence-electron chi connectivity index (χ0n) is 26.8. The summed E-state index contributed by atoms with van der Waals surface area (Å²) in [5.41, 5.74) is 12.2. The lowest BCUT2D eigenvalue weighted by molar-refractivity contribution is -0.130. The van der Waals surface area contributed by atoms with Gasteiger partial charge in [-0.15, -0.1) is 5.10 Å². The number of aliphatic hydroxyl groups excluding tert-OH is 2. The number of carbonyl (C=O) groups is 4. The number of hydrogen-bond acceptors (Lipinski definition) is 14. The molecule has 20 heteroatoms. The van der Waals surface area contributed by atoms with Gasteiger partial charge >= 0.3 is 7.82 Å². The molecule has 2 aliphatic heterocycles. The monoisotopic (exact) mass is 716 g/mol. The van der Waals surface area contributed by atoms with E-state index in [1.807, 2.05) is 6.07 Å². The number of aromatic amines is 1. The van der Waals surface area contributed by atoms with Crippen molar-refractivity contribution in [2.45, 2.75) is 69.4 Å². The van der Waals surface area contributed by atoms with Crippen molar-refractivity contribution >= 4 is 37.1 Å². The summed E-state index contributed by atoms with van der Waals surface area (Å²) in [5, 5.41) is 34.9. The number of anilines is 1. The van der Waals surface area contributed by atoms with E-state index >= 15 is 0 Å². The van der Waals surface area contributed by atoms with E-state index in [-0.39, 0.29) is 30.4 Å². The van der Waals surface area contributed by atoms with Gasteiger partial charge in [0.25, 0.3) is 5.91 Å². The Morgan fingerprint density at radius 1 is 1.06 bits per heavy atom. The molecule has 0 saturated carbocycles. The fourth-order valence-corrected chi connectivity index (χ4v) is 6.23. The van der Waals surface area contributed by atoms with Crippen LogP contribution in [0, 0.1) is 0 Å². The number of fused-ring (bicyclic) bond motifs is 1. The number of carbonyl (C=O) groups excluding carboxylic acids is 4. The Kier molecular flexibility index (Phi) is 11.3. The van der Waals surface area contributed by atoms with Crippen LogP contribution in [0.15, 0.2) is 48.5 Å². The first-order valence-corrected chi connectivity index (χ1v) is 16.9. The maximum Gasteiger partial charge on any atom is 0.530 e. The molecule has 0 bridgehead atoms. The molecule has 268 valence electrons. The molecule has 4 amide bonds. The molecular weight excluding hydrogens is 679 g/mol. The van der Waals surface area contributed by atoms with Crippen molar-refractivity contribution in [1.82, 2.24) is 25.8 Å². The quantitative estimate of drug-likeness (QED) is 0.102. The maximum absolute atomic E-state index is 13.4. The standard InChI is InChI=1S/C30H37N8O11P/c1-14(31)28(42)33-15(2)29(43)35-19(10-16-6-4-3-5-7-16)30(44)34-18-8-9-20-17(11-18)12-46-50(45,49-20)47-13-21-22(39)23(40)24(48-21)26-36-27(25(32)41)38-37-26/h3-9,11,14-15,19,21-24,39-40H,10,12-13,31H2,1-2H3,(H2,32,41)(H,33,42)(H,34,44)(H,35,43)(H,36,37,38)/t14-,15-,19-,21+,22+,23+,24-,50?/m0/s1. The van der Waals surface area contributed by atoms with Gasteiger partial charge in [0.15, 0.2) is 5.82 Å². The second kappa shape index (κ2) is 15.4. The van der Waals surface area contributed by atoms with Crippen LogP contribution in [0.25, 0.3) is 0 Å². The lowest BCUT2D eigenvalue weighted by atomic mass is 10.0. The van der Waals surface area contributed by atoms with Crippen LogP contribution in [0.5, 0.6) is 5.75 Å². The highest BCUT2D eigenvalue weighted by Crippen LogP contribution is 2.55. The molecule has 10 N–H and O–H groups in total. The number of aromatic nitrogens is 3. The molecule has 0 spiro atoms. The fourth-order valence-electron chi connectivity index (χ4n) is 5.00. The largest absolute Gasteiger partial charge is 0.530 e. The number of nitrogens with two attached hydrogens (primary N) is 2. The number of phosphoric ester groups is 1. The van der Waals surface area contributed by atoms with Gasteiger partial charge in [0.1, 0.15) is 42.2 Å². The number of ether oxygens (including phenoxy) is 1. The van der Waals surface area contributed by atoms with Crippen molar-refractivity contribution in [2.75, 3.05) is 11.9 Å². The number of aliphatic hydroxyl groups is 2. The average molecular weight is 717 g/mol. The first-order valence-electron chi connectivity index (χ1n) is 15.4. The van der Waals surface area contributed by atoms with Crippen molar-refractivity contribution in [3.63, 3.8) is 0 Å². The van der Waals surface area contributed by atoms with Crippen molar-refractivity contribution in [3.8, 4) is 5.75 Å². The predicted molar refractivity (Wildman–Crippen MR) is 172 cm³/mol. The van der Waals surface area contributed by atoms with Crippen molar-refractivity contribution in [1.29, 1.82) is 0 Å². The first-order chi connectivity index (χ1) is 23.7. The summed E-state index contributed by atoms with van der Waals surface area (Å²) in [4.78, 5) is 53.5. The highest BCUT2D eigenvalue weighted by Gasteiger charge is 2.47. The SMILES string of the molecule is C[C@H](N)C(=O)N[C@@H](C)C(=O)N[C@@H](Cc1ccccc1)C(=O)Nc1ccc2c(c1)COP(=O)(OC[C@H]1O[C@H](c3nc(C(N)=O)n[nH]3)[C@H](O)[C@@H]1O)O2. The van der Waals surface area contributed by atoms with Gasteiger partial charge < -0.3 is 46.9 Å². The normalized spacial score (nSPS) is 24.6. The molecule has 0 aliphatic carbocycles. The smallest absolute Gasteiger partial charge is 0.404 e. The van der Waals surface area contributed by atoms with Gasteiger partial charge in [0.05, 0.1) is 19.3 Å². The lowest BCUT2D eigenvalue weighted by Gasteiger charge is -2.26. The number of phosphoric acid groups is 1. The Labute approximate surface area is 285 Å². The fraction of sp³-hybridized carbons (Fsp3) is 0.400. The first kappa shape index (κ1) is 36.5. The van der Waals surface area contributed by atoms with Gasteiger partial charge in [0.2, 0.25) is 23.5 Å². The molecule has 2 aromatic carbocycles. The van der Waals surface area contributed by atoms with Crippen molar-refractivity contribution in [3.05, 3.63) is 71.3 Å². The molecule has 2 aliphatic rings. The zero-order valence-corrected chi connectivity index (χ0v) is 27.7. The van der Waals surface area contributed by atoms with Gasteiger partial charge in [-0.1, -0.05) is 30.3 Å². The summed E-state index contributed by atoms with van der Waals surface area (Å²) in [6.07, 6.45) is -5.25. The second-order valence-electron chi connectivity index (χ2n) is 11.7.